The van der Waals surface area contributed by atoms with Crippen molar-refractivity contribution in [3.8, 4) is 0 Å². The van der Waals surface area contributed by atoms with Crippen LogP contribution in [0.4, 0.5) is 0 Å². The Morgan fingerprint density at radius 3 is 1.86 bits per heavy atom. The van der Waals surface area contributed by atoms with Crippen LogP contribution in [0.5, 0.6) is 0 Å². The number of rotatable bonds is 28. The van der Waals surface area contributed by atoms with Gasteiger partial charge in [0.15, 0.2) is 0 Å². The summed E-state index contributed by atoms with van der Waals surface area (Å²) in [5.74, 6) is -12.0. The van der Waals surface area contributed by atoms with Gasteiger partial charge < -0.3 is 28.4 Å². The SMILES string of the molecule is CCCCC(CC)COC(=O)C(OC(=O)C(CC)CCC(CC)OC(=O)C(OC(=O)C1CC2CC3CCC1C(C3)C2C1CCCC1OC(=O)C(CC(C)C)(OC(=O)C(C)C)S(=O)(=O)O)S(=O)(=O)O)S(=O)(=O)O. The summed E-state index contributed by atoms with van der Waals surface area (Å²) in [6, 6.07) is 0. The first kappa shape index (κ1) is 61.1. The average Bonchev–Trinajstić information content (AvgIpc) is 3.73. The van der Waals surface area contributed by atoms with E-state index in [4.69, 9.17) is 28.4 Å². The van der Waals surface area contributed by atoms with E-state index in [9.17, 15) is 67.7 Å². The molecule has 4 aliphatic carbocycles. The molecule has 0 aliphatic heterocycles. The first-order chi connectivity index (χ1) is 33.5. The smallest absolute Gasteiger partial charge is 0.369 e. The highest BCUT2D eigenvalue weighted by molar-refractivity contribution is 7.88. The minimum absolute atomic E-state index is 0.0396. The molecule has 3 bridgehead atoms. The Kier molecular flexibility index (Phi) is 21.9. The normalized spacial score (nSPS) is 27.1. The lowest BCUT2D eigenvalue weighted by molar-refractivity contribution is -0.186. The number of hydrogen-bond acceptors (Lipinski definition) is 18. The average molecular weight is 1090 g/mol. The van der Waals surface area contributed by atoms with E-state index in [0.29, 0.717) is 57.3 Å². The van der Waals surface area contributed by atoms with Crippen LogP contribution in [-0.4, -0.2) is 109 Å². The molecule has 3 N–H and O–H groups in total. The molecule has 4 rings (SSSR count). The maximum atomic E-state index is 14.1. The van der Waals surface area contributed by atoms with Gasteiger partial charge in [-0.3, -0.25) is 28.0 Å². The Bertz CT molecular complexity index is 2240. The third kappa shape index (κ3) is 15.3. The lowest BCUT2D eigenvalue weighted by Gasteiger charge is -2.57. The summed E-state index contributed by atoms with van der Waals surface area (Å²) >= 11 is 0. The van der Waals surface area contributed by atoms with Gasteiger partial charge in [0, 0.05) is 6.42 Å². The lowest BCUT2D eigenvalue weighted by atomic mass is 9.47. The van der Waals surface area contributed by atoms with Gasteiger partial charge in [-0.05, 0) is 124 Å². The van der Waals surface area contributed by atoms with Crippen LogP contribution in [0.1, 0.15) is 165 Å². The summed E-state index contributed by atoms with van der Waals surface area (Å²) in [6.45, 7) is 12.9. The Hall–Kier alpha value is -3.45. The van der Waals surface area contributed by atoms with Gasteiger partial charge in [0.1, 0.15) is 12.2 Å². The molecule has 0 aromatic rings. The summed E-state index contributed by atoms with van der Waals surface area (Å²) in [5.41, 5.74) is -5.42. The molecule has 0 saturated heterocycles. The summed E-state index contributed by atoms with van der Waals surface area (Å²) in [6.07, 6.45) is 4.81. The molecule has 0 aromatic carbocycles. The fourth-order valence-corrected chi connectivity index (χ4v) is 13.6. The quantitative estimate of drug-likeness (QED) is 0.0421. The number of unbranched alkanes of at least 4 members (excludes halogenated alkanes) is 1. The van der Waals surface area contributed by atoms with Gasteiger partial charge in [0.25, 0.3) is 0 Å². The van der Waals surface area contributed by atoms with Gasteiger partial charge in [0.05, 0.1) is 24.4 Å². The van der Waals surface area contributed by atoms with Crippen molar-refractivity contribution in [2.45, 2.75) is 193 Å². The van der Waals surface area contributed by atoms with Crippen LogP contribution in [0.3, 0.4) is 0 Å². The van der Waals surface area contributed by atoms with E-state index in [0.717, 1.165) is 19.3 Å². The molecule has 0 amide bonds. The van der Waals surface area contributed by atoms with Crippen LogP contribution < -0.4 is 0 Å². The molecule has 14 unspecified atom stereocenters. The first-order valence-corrected chi connectivity index (χ1v) is 30.1. The molecular formula is C48H78O21S3. The zero-order valence-electron chi connectivity index (χ0n) is 42.8. The summed E-state index contributed by atoms with van der Waals surface area (Å²) in [5, 5.41) is 0. The highest BCUT2D eigenvalue weighted by Crippen LogP contribution is 2.61. The first-order valence-electron chi connectivity index (χ1n) is 25.6. The molecule has 14 atom stereocenters. The molecule has 0 radical (unpaired) electrons. The number of carbonyl (C=O) groups is 6. The second kappa shape index (κ2) is 25.9. The number of fused-ring (bicyclic) bond motifs is 2. The van der Waals surface area contributed by atoms with E-state index < -0.39 is 124 Å². The highest BCUT2D eigenvalue weighted by Gasteiger charge is 2.60. The fourth-order valence-electron chi connectivity index (χ4n) is 11.6. The number of esters is 6. The second-order valence-corrected chi connectivity index (χ2v) is 25.7. The predicted octanol–water partition coefficient (Wildman–Crippen LogP) is 6.62. The molecule has 4 aliphatic rings. The van der Waals surface area contributed by atoms with E-state index in [-0.39, 0.29) is 74.2 Å². The van der Waals surface area contributed by atoms with Crippen molar-refractivity contribution in [2.75, 3.05) is 6.61 Å². The summed E-state index contributed by atoms with van der Waals surface area (Å²) < 4.78 is 138. The Morgan fingerprint density at radius 2 is 1.31 bits per heavy atom. The van der Waals surface area contributed by atoms with Crippen molar-refractivity contribution in [3.05, 3.63) is 0 Å². The topological polar surface area (TPSA) is 321 Å². The Morgan fingerprint density at radius 1 is 0.653 bits per heavy atom. The summed E-state index contributed by atoms with van der Waals surface area (Å²) in [7, 11) is -16.0. The van der Waals surface area contributed by atoms with E-state index in [1.807, 2.05) is 13.8 Å². The predicted molar refractivity (Wildman–Crippen MR) is 256 cm³/mol. The summed E-state index contributed by atoms with van der Waals surface area (Å²) in [4.78, 5) is 77.4. The van der Waals surface area contributed by atoms with Gasteiger partial charge in [-0.1, -0.05) is 81.1 Å². The molecule has 0 spiro atoms. The van der Waals surface area contributed by atoms with Crippen molar-refractivity contribution in [1.29, 1.82) is 0 Å². The van der Waals surface area contributed by atoms with Gasteiger partial charge in [-0.25, -0.2) is 14.4 Å². The zero-order valence-corrected chi connectivity index (χ0v) is 45.3. The number of ether oxygens (including phenoxy) is 6. The van der Waals surface area contributed by atoms with Crippen molar-refractivity contribution >= 4 is 66.2 Å². The van der Waals surface area contributed by atoms with Crippen LogP contribution in [0, 0.1) is 65.1 Å². The molecule has 414 valence electrons. The van der Waals surface area contributed by atoms with Crippen LogP contribution in [-0.2, 0) is 87.5 Å². The van der Waals surface area contributed by atoms with Crippen LogP contribution in [0.25, 0.3) is 0 Å². The minimum atomic E-state index is -5.43. The second-order valence-electron chi connectivity index (χ2n) is 21.1. The molecule has 21 nitrogen and oxygen atoms in total. The minimum Gasteiger partial charge on any atom is -0.462 e. The van der Waals surface area contributed by atoms with Crippen molar-refractivity contribution < 1.29 is 96.1 Å². The Balaban J connectivity index is 1.45. The number of carbonyl (C=O) groups excluding carboxylic acids is 6. The van der Waals surface area contributed by atoms with Crippen molar-refractivity contribution in [1.82, 2.24) is 0 Å². The van der Waals surface area contributed by atoms with E-state index >= 15 is 0 Å². The van der Waals surface area contributed by atoms with E-state index in [1.54, 1.807) is 27.7 Å². The standard InChI is InChI=1S/C48H78O21S3/c1-9-13-15-29(10-2)26-64-43(52)45(70(55,56)57)67-41(50)31(11-3)19-20-33(12-4)65-44(53)46(71(58,59)60)68-42(51)37-24-32-22-30-18-21-34(37)36(23-30)39(32)35-16-14-17-38(35)66-47(54)48(25-27(5)6,72(61,62)63)69-40(49)28(7)8/h27-39,45-46H,9-26H2,1-8H3,(H,55,56,57)(H,58,59,60)(H,61,62,63). The lowest BCUT2D eigenvalue weighted by Crippen LogP contribution is -2.56. The van der Waals surface area contributed by atoms with Gasteiger partial charge >= 0.3 is 82.0 Å². The van der Waals surface area contributed by atoms with Gasteiger partial charge in [-0.2, -0.15) is 25.3 Å². The highest BCUT2D eigenvalue weighted by atomic mass is 32.2. The van der Waals surface area contributed by atoms with Gasteiger partial charge in [0.2, 0.25) is 0 Å². The molecule has 24 heteroatoms. The third-order valence-electron chi connectivity index (χ3n) is 15.3. The van der Waals surface area contributed by atoms with Crippen LogP contribution in [0.15, 0.2) is 0 Å². The maximum absolute atomic E-state index is 14.1. The number of hydrogen-bond donors (Lipinski definition) is 3. The molecular weight excluding hydrogens is 1010 g/mol. The molecule has 0 aromatic heterocycles. The van der Waals surface area contributed by atoms with Crippen LogP contribution in [0.2, 0.25) is 0 Å². The monoisotopic (exact) mass is 1090 g/mol. The van der Waals surface area contributed by atoms with E-state index in [1.165, 1.54) is 13.8 Å². The van der Waals surface area contributed by atoms with Crippen molar-refractivity contribution in [3.63, 3.8) is 0 Å². The Labute approximate surface area is 424 Å². The van der Waals surface area contributed by atoms with Gasteiger partial charge in [-0.15, -0.1) is 0 Å². The fraction of sp³-hybridized carbons (Fsp3) is 0.875. The van der Waals surface area contributed by atoms with Crippen molar-refractivity contribution in [2.24, 2.45) is 65.1 Å². The van der Waals surface area contributed by atoms with Crippen LogP contribution >= 0.6 is 0 Å². The molecule has 4 fully saturated rings. The maximum Gasteiger partial charge on any atom is 0.369 e. The zero-order chi connectivity index (χ0) is 54.1. The molecule has 72 heavy (non-hydrogen) atoms. The molecule has 0 heterocycles. The molecule has 4 saturated carbocycles. The largest absolute Gasteiger partial charge is 0.462 e. The third-order valence-corrected chi connectivity index (χ3v) is 18.2. The van der Waals surface area contributed by atoms with E-state index in [2.05, 4.69) is 0 Å².